The molecule has 0 saturated carbocycles. The van der Waals surface area contributed by atoms with Gasteiger partial charge in [-0.05, 0) is 24.1 Å². The van der Waals surface area contributed by atoms with Gasteiger partial charge in [0.2, 0.25) is 0 Å². The van der Waals surface area contributed by atoms with Gasteiger partial charge in [-0.15, -0.1) is 0 Å². The van der Waals surface area contributed by atoms with Gasteiger partial charge in [-0.25, -0.2) is 8.42 Å². The second-order valence-corrected chi connectivity index (χ2v) is 5.45. The largest absolute Gasteiger partial charge is 0.251 e. The summed E-state index contributed by atoms with van der Waals surface area (Å²) in [5.74, 6) is -0.195. The summed E-state index contributed by atoms with van der Waals surface area (Å²) in [6, 6.07) is 8.17. The molecular formula is C11H12FNO2S. The van der Waals surface area contributed by atoms with Gasteiger partial charge in [0.15, 0.2) is 9.84 Å². The van der Waals surface area contributed by atoms with Gasteiger partial charge in [0, 0.05) is 0 Å². The maximum absolute atomic E-state index is 11.9. The molecule has 0 bridgehead atoms. The van der Waals surface area contributed by atoms with Crippen LogP contribution in [-0.4, -0.2) is 20.8 Å². The van der Waals surface area contributed by atoms with Crippen molar-refractivity contribution in [1.82, 2.24) is 0 Å². The molecule has 0 radical (unpaired) electrons. The summed E-state index contributed by atoms with van der Waals surface area (Å²) in [4.78, 5) is 0.161. The van der Waals surface area contributed by atoms with Gasteiger partial charge < -0.3 is 0 Å². The standard InChI is InChI=1S/C11H12FNO2S/c12-6-2-8-16(14,15)11-4-1-3-10(9-11)5-7-13/h1,3-4,9H,2,5-6,8H2. The zero-order valence-corrected chi connectivity index (χ0v) is 9.50. The summed E-state index contributed by atoms with van der Waals surface area (Å²) in [6.07, 6.45) is 0.178. The van der Waals surface area contributed by atoms with Crippen molar-refractivity contribution in [2.45, 2.75) is 17.7 Å². The summed E-state index contributed by atoms with van der Waals surface area (Å²) in [6.45, 7) is -0.642. The van der Waals surface area contributed by atoms with Crippen LogP contribution < -0.4 is 0 Å². The first-order valence-corrected chi connectivity index (χ1v) is 6.50. The first-order chi connectivity index (χ1) is 7.60. The fraction of sp³-hybridized carbons (Fsp3) is 0.364. The van der Waals surface area contributed by atoms with Gasteiger partial charge >= 0.3 is 0 Å². The topological polar surface area (TPSA) is 57.9 Å². The highest BCUT2D eigenvalue weighted by Crippen LogP contribution is 2.14. The Morgan fingerprint density at radius 2 is 2.12 bits per heavy atom. The minimum Gasteiger partial charge on any atom is -0.251 e. The monoisotopic (exact) mass is 241 g/mol. The van der Waals surface area contributed by atoms with Gasteiger partial charge in [-0.2, -0.15) is 5.26 Å². The second kappa shape index (κ2) is 5.61. The van der Waals surface area contributed by atoms with E-state index in [1.54, 1.807) is 12.1 Å². The predicted octanol–water partition coefficient (Wildman–Crippen LogP) is 1.89. The van der Waals surface area contributed by atoms with E-state index in [2.05, 4.69) is 0 Å². The Balaban J connectivity index is 2.95. The molecule has 1 aromatic carbocycles. The number of nitrogens with zero attached hydrogens (tertiary/aromatic N) is 1. The van der Waals surface area contributed by atoms with E-state index >= 15 is 0 Å². The predicted molar refractivity (Wildman–Crippen MR) is 58.4 cm³/mol. The maximum atomic E-state index is 11.9. The van der Waals surface area contributed by atoms with Crippen molar-refractivity contribution in [1.29, 1.82) is 5.26 Å². The Morgan fingerprint density at radius 3 is 2.75 bits per heavy atom. The molecule has 0 unspecified atom stereocenters. The SMILES string of the molecule is N#CCc1cccc(S(=O)(=O)CCCF)c1. The van der Waals surface area contributed by atoms with Gasteiger partial charge in [0.05, 0.1) is 29.8 Å². The molecule has 0 aromatic heterocycles. The summed E-state index contributed by atoms with van der Waals surface area (Å²) in [7, 11) is -3.41. The number of hydrogen-bond donors (Lipinski definition) is 0. The normalized spacial score (nSPS) is 11.0. The average molecular weight is 241 g/mol. The van der Waals surface area contributed by atoms with E-state index in [-0.39, 0.29) is 23.5 Å². The van der Waals surface area contributed by atoms with Crippen molar-refractivity contribution in [3.63, 3.8) is 0 Å². The van der Waals surface area contributed by atoms with Crippen LogP contribution in [0.25, 0.3) is 0 Å². The van der Waals surface area contributed by atoms with Crippen LogP contribution in [-0.2, 0) is 16.3 Å². The van der Waals surface area contributed by atoms with Gasteiger partial charge in [-0.1, -0.05) is 12.1 Å². The van der Waals surface area contributed by atoms with E-state index in [1.807, 2.05) is 6.07 Å². The van der Waals surface area contributed by atoms with Crippen molar-refractivity contribution in [3.8, 4) is 6.07 Å². The molecule has 0 fully saturated rings. The third kappa shape index (κ3) is 3.31. The van der Waals surface area contributed by atoms with E-state index in [0.717, 1.165) is 0 Å². The Morgan fingerprint density at radius 1 is 1.38 bits per heavy atom. The number of sulfone groups is 1. The highest BCUT2D eigenvalue weighted by Gasteiger charge is 2.14. The third-order valence-electron chi connectivity index (χ3n) is 2.09. The fourth-order valence-electron chi connectivity index (χ4n) is 1.30. The highest BCUT2D eigenvalue weighted by atomic mass is 32.2. The van der Waals surface area contributed by atoms with Crippen LogP contribution in [0, 0.1) is 11.3 Å². The fourth-order valence-corrected chi connectivity index (χ4v) is 2.64. The van der Waals surface area contributed by atoms with Crippen LogP contribution in [0.1, 0.15) is 12.0 Å². The highest BCUT2D eigenvalue weighted by molar-refractivity contribution is 7.91. The molecule has 0 N–H and O–H groups in total. The number of rotatable bonds is 5. The molecule has 1 rings (SSSR count). The molecule has 1 aromatic rings. The summed E-state index contributed by atoms with van der Waals surface area (Å²) in [5, 5.41) is 8.51. The van der Waals surface area contributed by atoms with E-state index in [9.17, 15) is 12.8 Å². The van der Waals surface area contributed by atoms with Gasteiger partial charge in [0.1, 0.15) is 0 Å². The quantitative estimate of drug-likeness (QED) is 0.791. The molecule has 0 atom stereocenters. The minimum atomic E-state index is -3.41. The van der Waals surface area contributed by atoms with E-state index in [0.29, 0.717) is 5.56 Å². The van der Waals surface area contributed by atoms with Crippen LogP contribution >= 0.6 is 0 Å². The smallest absolute Gasteiger partial charge is 0.178 e. The number of hydrogen-bond acceptors (Lipinski definition) is 3. The second-order valence-electron chi connectivity index (χ2n) is 3.34. The maximum Gasteiger partial charge on any atom is 0.178 e. The molecule has 86 valence electrons. The first-order valence-electron chi connectivity index (χ1n) is 4.85. The molecule has 5 heteroatoms. The van der Waals surface area contributed by atoms with Crippen LogP contribution in [0.2, 0.25) is 0 Å². The molecule has 0 heterocycles. The van der Waals surface area contributed by atoms with Crippen molar-refractivity contribution in [2.75, 3.05) is 12.4 Å². The third-order valence-corrected chi connectivity index (χ3v) is 3.89. The lowest BCUT2D eigenvalue weighted by atomic mass is 10.2. The lowest BCUT2D eigenvalue weighted by molar-refractivity contribution is 0.484. The van der Waals surface area contributed by atoms with Crippen LogP contribution in [0.3, 0.4) is 0 Å². The molecule has 0 amide bonds. The molecule has 3 nitrogen and oxygen atoms in total. The Kier molecular flexibility index (Phi) is 4.44. The molecule has 0 saturated heterocycles. The summed E-state index contributed by atoms with van der Waals surface area (Å²) in [5.41, 5.74) is 0.656. The zero-order chi connectivity index (χ0) is 12.0. The minimum absolute atomic E-state index is 0.00477. The van der Waals surface area contributed by atoms with Gasteiger partial charge in [0.25, 0.3) is 0 Å². The van der Waals surface area contributed by atoms with Crippen LogP contribution in [0.5, 0.6) is 0 Å². The summed E-state index contributed by atoms with van der Waals surface area (Å²) < 4.78 is 35.3. The Labute approximate surface area is 94.4 Å². The van der Waals surface area contributed by atoms with Crippen molar-refractivity contribution in [3.05, 3.63) is 29.8 Å². The lowest BCUT2D eigenvalue weighted by Gasteiger charge is -2.04. The number of halogens is 1. The molecule has 0 aliphatic rings. The van der Waals surface area contributed by atoms with Crippen molar-refractivity contribution in [2.24, 2.45) is 0 Å². The summed E-state index contributed by atoms with van der Waals surface area (Å²) >= 11 is 0. The van der Waals surface area contributed by atoms with Crippen LogP contribution in [0.4, 0.5) is 4.39 Å². The molecule has 0 aliphatic heterocycles. The van der Waals surface area contributed by atoms with Crippen molar-refractivity contribution < 1.29 is 12.8 Å². The van der Waals surface area contributed by atoms with Gasteiger partial charge in [-0.3, -0.25) is 4.39 Å². The van der Waals surface area contributed by atoms with E-state index in [4.69, 9.17) is 5.26 Å². The van der Waals surface area contributed by atoms with Crippen LogP contribution in [0.15, 0.2) is 29.2 Å². The average Bonchev–Trinajstić information content (AvgIpc) is 2.27. The Hall–Kier alpha value is -1.41. The number of benzene rings is 1. The molecule has 0 aliphatic carbocycles. The molecular weight excluding hydrogens is 229 g/mol. The van der Waals surface area contributed by atoms with E-state index < -0.39 is 16.5 Å². The first kappa shape index (κ1) is 12.7. The number of nitriles is 1. The zero-order valence-electron chi connectivity index (χ0n) is 8.69. The van der Waals surface area contributed by atoms with Crippen molar-refractivity contribution >= 4 is 9.84 Å². The Bertz CT molecular complexity index is 491. The van der Waals surface area contributed by atoms with E-state index in [1.165, 1.54) is 12.1 Å². The molecule has 16 heavy (non-hydrogen) atoms. The lowest BCUT2D eigenvalue weighted by Crippen LogP contribution is -2.07. The number of alkyl halides is 1. The molecule has 0 spiro atoms.